The van der Waals surface area contributed by atoms with Crippen LogP contribution in [0.4, 0.5) is 0 Å². The van der Waals surface area contributed by atoms with E-state index in [-0.39, 0.29) is 5.91 Å². The van der Waals surface area contributed by atoms with Gasteiger partial charge in [0, 0.05) is 19.0 Å². The average molecular weight is 255 g/mol. The van der Waals surface area contributed by atoms with E-state index in [9.17, 15) is 4.79 Å². The molecule has 1 aliphatic rings. The van der Waals surface area contributed by atoms with Gasteiger partial charge >= 0.3 is 0 Å². The smallest absolute Gasteiger partial charge is 0.220 e. The zero-order valence-electron chi connectivity index (χ0n) is 12.0. The van der Waals surface area contributed by atoms with Gasteiger partial charge in [-0.25, -0.2) is 0 Å². The maximum absolute atomic E-state index is 11.8. The Morgan fingerprint density at radius 1 is 1.33 bits per heavy atom. The highest BCUT2D eigenvalue weighted by molar-refractivity contribution is 5.76. The van der Waals surface area contributed by atoms with E-state index in [1.807, 2.05) is 0 Å². The third-order valence-corrected chi connectivity index (χ3v) is 3.65. The average Bonchev–Trinajstić information content (AvgIpc) is 2.28. The predicted molar refractivity (Wildman–Crippen MR) is 75.3 cm³/mol. The van der Waals surface area contributed by atoms with Crippen LogP contribution in [0.2, 0.25) is 0 Å². The molecule has 0 saturated heterocycles. The van der Waals surface area contributed by atoms with Gasteiger partial charge in [0.2, 0.25) is 5.91 Å². The summed E-state index contributed by atoms with van der Waals surface area (Å²) >= 11 is 0. The molecule has 1 amide bonds. The summed E-state index contributed by atoms with van der Waals surface area (Å²) in [6, 6.07) is 0.316. The molecule has 1 rings (SSSR count). The molecule has 0 spiro atoms. The van der Waals surface area contributed by atoms with Crippen LogP contribution in [0.25, 0.3) is 0 Å². The normalized spacial score (nSPS) is 24.2. The third-order valence-electron chi connectivity index (χ3n) is 3.65. The molecule has 1 fully saturated rings. The standard InChI is InChI=1S/C14H29N3O/c1-17(2)9-4-3-8-16-14(18)11-12-6-5-7-13(15)10-12/h12-13H,3-11,15H2,1-2H3,(H,16,18). The maximum Gasteiger partial charge on any atom is 0.220 e. The minimum Gasteiger partial charge on any atom is -0.356 e. The molecule has 0 aromatic rings. The maximum atomic E-state index is 11.8. The molecule has 0 aromatic heterocycles. The summed E-state index contributed by atoms with van der Waals surface area (Å²) in [5, 5.41) is 3.02. The quantitative estimate of drug-likeness (QED) is 0.675. The number of amides is 1. The van der Waals surface area contributed by atoms with Crippen LogP contribution in [0.1, 0.15) is 44.9 Å². The number of rotatable bonds is 7. The second-order valence-electron chi connectivity index (χ2n) is 5.86. The fourth-order valence-electron chi connectivity index (χ4n) is 2.63. The molecule has 4 nitrogen and oxygen atoms in total. The lowest BCUT2D eigenvalue weighted by atomic mass is 9.84. The zero-order chi connectivity index (χ0) is 13.4. The monoisotopic (exact) mass is 255 g/mol. The van der Waals surface area contributed by atoms with Crippen LogP contribution < -0.4 is 11.1 Å². The van der Waals surface area contributed by atoms with E-state index in [0.29, 0.717) is 18.4 Å². The first kappa shape index (κ1) is 15.4. The number of carbonyl (C=O) groups is 1. The van der Waals surface area contributed by atoms with Crippen molar-refractivity contribution in [2.24, 2.45) is 11.7 Å². The summed E-state index contributed by atoms with van der Waals surface area (Å²) < 4.78 is 0. The number of nitrogens with two attached hydrogens (primary N) is 1. The molecule has 18 heavy (non-hydrogen) atoms. The summed E-state index contributed by atoms with van der Waals surface area (Å²) in [5.41, 5.74) is 5.93. The summed E-state index contributed by atoms with van der Waals surface area (Å²) in [7, 11) is 4.15. The molecular weight excluding hydrogens is 226 g/mol. The van der Waals surface area contributed by atoms with Crippen LogP contribution in [0, 0.1) is 5.92 Å². The van der Waals surface area contributed by atoms with E-state index in [2.05, 4.69) is 24.3 Å². The van der Waals surface area contributed by atoms with Gasteiger partial charge in [0.15, 0.2) is 0 Å². The van der Waals surface area contributed by atoms with Gasteiger partial charge in [-0.2, -0.15) is 0 Å². The Hall–Kier alpha value is -0.610. The Morgan fingerprint density at radius 2 is 2.11 bits per heavy atom. The van der Waals surface area contributed by atoms with Crippen LogP contribution >= 0.6 is 0 Å². The lowest BCUT2D eigenvalue weighted by Crippen LogP contribution is -2.32. The molecule has 0 heterocycles. The van der Waals surface area contributed by atoms with E-state index in [1.54, 1.807) is 0 Å². The Balaban J connectivity index is 2.03. The van der Waals surface area contributed by atoms with Gasteiger partial charge in [0.1, 0.15) is 0 Å². The molecule has 0 bridgehead atoms. The second-order valence-corrected chi connectivity index (χ2v) is 5.86. The van der Waals surface area contributed by atoms with Crippen molar-refractivity contribution in [3.05, 3.63) is 0 Å². The highest BCUT2D eigenvalue weighted by Crippen LogP contribution is 2.25. The van der Waals surface area contributed by atoms with Crippen molar-refractivity contribution >= 4 is 5.91 Å². The van der Waals surface area contributed by atoms with Gasteiger partial charge < -0.3 is 16.0 Å². The van der Waals surface area contributed by atoms with Gasteiger partial charge in [-0.1, -0.05) is 6.42 Å². The second kappa shape index (κ2) is 8.48. The molecule has 0 aliphatic heterocycles. The number of carbonyl (C=O) groups excluding carboxylic acids is 1. The summed E-state index contributed by atoms with van der Waals surface area (Å²) in [5.74, 6) is 0.717. The topological polar surface area (TPSA) is 58.4 Å². The summed E-state index contributed by atoms with van der Waals surface area (Å²) in [6.07, 6.45) is 7.37. The van der Waals surface area contributed by atoms with Crippen LogP contribution in [-0.2, 0) is 4.79 Å². The zero-order valence-corrected chi connectivity index (χ0v) is 12.0. The van der Waals surface area contributed by atoms with Crippen LogP contribution in [0.15, 0.2) is 0 Å². The van der Waals surface area contributed by atoms with E-state index in [1.165, 1.54) is 12.8 Å². The molecule has 106 valence electrons. The van der Waals surface area contributed by atoms with Crippen molar-refractivity contribution in [3.8, 4) is 0 Å². The summed E-state index contributed by atoms with van der Waals surface area (Å²) in [4.78, 5) is 13.9. The molecule has 4 heteroatoms. The van der Waals surface area contributed by atoms with Crippen LogP contribution in [0.3, 0.4) is 0 Å². The first-order valence-corrected chi connectivity index (χ1v) is 7.25. The molecule has 1 saturated carbocycles. The molecule has 2 unspecified atom stereocenters. The SMILES string of the molecule is CN(C)CCCCNC(=O)CC1CCCC(N)C1. The highest BCUT2D eigenvalue weighted by Gasteiger charge is 2.21. The van der Waals surface area contributed by atoms with Crippen molar-refractivity contribution < 1.29 is 4.79 Å². The van der Waals surface area contributed by atoms with E-state index in [0.717, 1.165) is 38.8 Å². The first-order valence-electron chi connectivity index (χ1n) is 7.25. The van der Waals surface area contributed by atoms with Gasteiger partial charge in [-0.3, -0.25) is 4.79 Å². The van der Waals surface area contributed by atoms with Gasteiger partial charge in [-0.15, -0.1) is 0 Å². The minimum atomic E-state index is 0.207. The van der Waals surface area contributed by atoms with Gasteiger partial charge in [0.05, 0.1) is 0 Å². The molecular formula is C14H29N3O. The lowest BCUT2D eigenvalue weighted by molar-refractivity contribution is -0.122. The summed E-state index contributed by atoms with van der Waals surface area (Å²) in [6.45, 7) is 1.90. The number of unbranched alkanes of at least 4 members (excludes halogenated alkanes) is 1. The van der Waals surface area contributed by atoms with E-state index >= 15 is 0 Å². The number of hydrogen-bond acceptors (Lipinski definition) is 3. The fourth-order valence-corrected chi connectivity index (χ4v) is 2.63. The van der Waals surface area contributed by atoms with Gasteiger partial charge in [0.25, 0.3) is 0 Å². The van der Waals surface area contributed by atoms with E-state index in [4.69, 9.17) is 5.73 Å². The van der Waals surface area contributed by atoms with Crippen molar-refractivity contribution in [2.45, 2.75) is 51.0 Å². The van der Waals surface area contributed by atoms with E-state index < -0.39 is 0 Å². The molecule has 3 N–H and O–H groups in total. The Morgan fingerprint density at radius 3 is 2.78 bits per heavy atom. The van der Waals surface area contributed by atoms with Crippen LogP contribution in [0.5, 0.6) is 0 Å². The first-order chi connectivity index (χ1) is 8.58. The Labute approximate surface area is 111 Å². The minimum absolute atomic E-state index is 0.207. The van der Waals surface area contributed by atoms with Crippen molar-refractivity contribution in [1.29, 1.82) is 0 Å². The molecule has 2 atom stereocenters. The lowest BCUT2D eigenvalue weighted by Gasteiger charge is -2.26. The Bertz CT molecular complexity index is 243. The van der Waals surface area contributed by atoms with Crippen molar-refractivity contribution in [2.75, 3.05) is 27.2 Å². The number of nitrogens with zero attached hydrogens (tertiary/aromatic N) is 1. The third kappa shape index (κ3) is 6.97. The fraction of sp³-hybridized carbons (Fsp3) is 0.929. The number of hydrogen-bond donors (Lipinski definition) is 2. The van der Waals surface area contributed by atoms with Crippen molar-refractivity contribution in [1.82, 2.24) is 10.2 Å². The van der Waals surface area contributed by atoms with Crippen molar-refractivity contribution in [3.63, 3.8) is 0 Å². The molecule has 0 aromatic carbocycles. The largest absolute Gasteiger partial charge is 0.356 e. The number of nitrogens with one attached hydrogen (secondary N) is 1. The molecule has 1 aliphatic carbocycles. The van der Waals surface area contributed by atoms with Gasteiger partial charge in [-0.05, 0) is 58.7 Å². The van der Waals surface area contributed by atoms with Crippen LogP contribution in [-0.4, -0.2) is 44.0 Å². The Kier molecular flexibility index (Phi) is 7.28. The highest BCUT2D eigenvalue weighted by atomic mass is 16.1. The predicted octanol–water partition coefficient (Wildman–Crippen LogP) is 1.35. The molecule has 0 radical (unpaired) electrons.